The number of nitrogens with one attached hydrogen (secondary N) is 2. The van der Waals surface area contributed by atoms with Crippen LogP contribution in [0.1, 0.15) is 52.7 Å². The second kappa shape index (κ2) is 10.1. The number of halogens is 1. The predicted molar refractivity (Wildman–Crippen MR) is 131 cm³/mol. The molecular formula is C26H26FN5O6. The molecule has 1 unspecified atom stereocenters. The zero-order chi connectivity index (χ0) is 26.9. The van der Waals surface area contributed by atoms with E-state index in [1.54, 1.807) is 18.2 Å². The summed E-state index contributed by atoms with van der Waals surface area (Å²) < 4.78 is 31.0. The molecule has 2 amide bonds. The molecule has 0 saturated heterocycles. The van der Waals surface area contributed by atoms with Crippen molar-refractivity contribution in [3.63, 3.8) is 0 Å². The Hall–Kier alpha value is -4.48. The van der Waals surface area contributed by atoms with E-state index in [0.29, 0.717) is 30.8 Å². The first-order chi connectivity index (χ1) is 18.3. The van der Waals surface area contributed by atoms with Gasteiger partial charge in [0.1, 0.15) is 11.4 Å². The number of fused-ring (bicyclic) bond motifs is 2. The highest BCUT2D eigenvalue weighted by molar-refractivity contribution is 5.98. The van der Waals surface area contributed by atoms with Crippen molar-refractivity contribution in [2.45, 2.75) is 32.7 Å². The fourth-order valence-corrected chi connectivity index (χ4v) is 4.42. The van der Waals surface area contributed by atoms with Gasteiger partial charge in [0.15, 0.2) is 23.0 Å². The van der Waals surface area contributed by atoms with E-state index in [4.69, 9.17) is 14.2 Å². The van der Waals surface area contributed by atoms with Gasteiger partial charge in [0, 0.05) is 19.2 Å². The molecule has 38 heavy (non-hydrogen) atoms. The summed E-state index contributed by atoms with van der Waals surface area (Å²) in [5.74, 6) is -0.952. The summed E-state index contributed by atoms with van der Waals surface area (Å²) in [5.41, 5.74) is 0.724. The second-order valence-electron chi connectivity index (χ2n) is 9.43. The van der Waals surface area contributed by atoms with E-state index >= 15 is 0 Å². The number of methoxy groups -OCH3 is 1. The SMILES string of the molecule is COC(=O)C1(C)CC=C(CNC(=O)c2cc(C(=O)NCc3ccc4c(c3)OCO4)nc3c(F)cnn23)CC1. The van der Waals surface area contributed by atoms with E-state index in [0.717, 1.165) is 21.8 Å². The third-order valence-corrected chi connectivity index (χ3v) is 6.78. The van der Waals surface area contributed by atoms with Crippen molar-refractivity contribution in [3.05, 3.63) is 64.9 Å². The largest absolute Gasteiger partial charge is 0.469 e. The number of carbonyl (C=O) groups excluding carboxylic acids is 3. The lowest BCUT2D eigenvalue weighted by Crippen LogP contribution is -2.33. The Kier molecular flexibility index (Phi) is 6.70. The highest BCUT2D eigenvalue weighted by Crippen LogP contribution is 2.36. The average molecular weight is 524 g/mol. The third-order valence-electron chi connectivity index (χ3n) is 6.78. The minimum absolute atomic E-state index is 0.0389. The van der Waals surface area contributed by atoms with Crippen LogP contribution in [0.3, 0.4) is 0 Å². The number of carbonyl (C=O) groups is 3. The van der Waals surface area contributed by atoms with Gasteiger partial charge in [0.25, 0.3) is 11.8 Å². The number of nitrogens with zero attached hydrogens (tertiary/aromatic N) is 3. The van der Waals surface area contributed by atoms with Crippen LogP contribution in [0.15, 0.2) is 42.1 Å². The number of rotatable bonds is 7. The fraction of sp³-hybridized carbons (Fsp3) is 0.346. The lowest BCUT2D eigenvalue weighted by atomic mass is 9.76. The minimum atomic E-state index is -0.762. The molecule has 3 heterocycles. The van der Waals surface area contributed by atoms with Gasteiger partial charge >= 0.3 is 5.97 Å². The van der Waals surface area contributed by atoms with E-state index in [1.165, 1.54) is 13.2 Å². The first kappa shape index (κ1) is 25.2. The van der Waals surface area contributed by atoms with Crippen molar-refractivity contribution < 1.29 is 33.0 Å². The van der Waals surface area contributed by atoms with Gasteiger partial charge in [-0.3, -0.25) is 14.4 Å². The van der Waals surface area contributed by atoms with Crippen molar-refractivity contribution >= 4 is 23.4 Å². The van der Waals surface area contributed by atoms with Gasteiger partial charge in [0.05, 0.1) is 18.7 Å². The van der Waals surface area contributed by atoms with Gasteiger partial charge in [-0.05, 0) is 43.9 Å². The molecule has 0 radical (unpaired) electrons. The van der Waals surface area contributed by atoms with Crippen molar-refractivity contribution in [1.29, 1.82) is 0 Å². The molecule has 5 rings (SSSR count). The number of aromatic nitrogens is 3. The molecule has 11 nitrogen and oxygen atoms in total. The van der Waals surface area contributed by atoms with Crippen molar-refractivity contribution in [2.24, 2.45) is 5.41 Å². The Balaban J connectivity index is 1.29. The third kappa shape index (κ3) is 4.89. The summed E-state index contributed by atoms with van der Waals surface area (Å²) in [6, 6.07) is 6.55. The molecular weight excluding hydrogens is 497 g/mol. The standard InChI is InChI=1S/C26H26FN5O6/c1-26(25(35)36-2)7-5-15(6-8-26)11-29-24(34)19-10-18(31-22-17(27)13-30-32(19)22)23(33)28-12-16-3-4-20-21(9-16)38-14-37-20/h3-5,9-10,13H,6-8,11-12,14H2,1-2H3,(H,28,33)(H,29,34). The molecule has 198 valence electrons. The van der Waals surface area contributed by atoms with Crippen LogP contribution in [-0.2, 0) is 16.1 Å². The van der Waals surface area contributed by atoms with Gasteiger partial charge in [0.2, 0.25) is 6.79 Å². The summed E-state index contributed by atoms with van der Waals surface area (Å²) in [7, 11) is 1.37. The van der Waals surface area contributed by atoms with Crippen LogP contribution < -0.4 is 20.1 Å². The summed E-state index contributed by atoms with van der Waals surface area (Å²) in [6.45, 7) is 2.38. The maximum Gasteiger partial charge on any atom is 0.311 e. The van der Waals surface area contributed by atoms with Crippen LogP contribution in [0.5, 0.6) is 11.5 Å². The summed E-state index contributed by atoms with van der Waals surface area (Å²) in [5, 5.41) is 9.43. The molecule has 1 aromatic carbocycles. The van der Waals surface area contributed by atoms with E-state index in [2.05, 4.69) is 20.7 Å². The molecule has 0 fully saturated rings. The molecule has 3 aromatic rings. The summed E-state index contributed by atoms with van der Waals surface area (Å²) >= 11 is 0. The highest BCUT2D eigenvalue weighted by atomic mass is 19.1. The molecule has 1 aliphatic carbocycles. The molecule has 2 aromatic heterocycles. The Morgan fingerprint density at radius 3 is 2.68 bits per heavy atom. The van der Waals surface area contributed by atoms with Gasteiger partial charge in [-0.1, -0.05) is 17.7 Å². The number of esters is 1. The number of ether oxygens (including phenoxy) is 3. The lowest BCUT2D eigenvalue weighted by Gasteiger charge is -2.30. The van der Waals surface area contributed by atoms with Crippen molar-refractivity contribution in [1.82, 2.24) is 25.2 Å². The van der Waals surface area contributed by atoms with Gasteiger partial charge in [-0.2, -0.15) is 5.10 Å². The lowest BCUT2D eigenvalue weighted by molar-refractivity contribution is -0.152. The van der Waals surface area contributed by atoms with Gasteiger partial charge < -0.3 is 24.8 Å². The van der Waals surface area contributed by atoms with E-state index in [-0.39, 0.29) is 42.9 Å². The summed E-state index contributed by atoms with van der Waals surface area (Å²) in [4.78, 5) is 42.1. The Labute approximate surface area is 217 Å². The number of hydrogen-bond acceptors (Lipinski definition) is 8. The van der Waals surface area contributed by atoms with Crippen LogP contribution in [0, 0.1) is 11.2 Å². The van der Waals surface area contributed by atoms with Gasteiger partial charge in [-0.25, -0.2) is 13.9 Å². The second-order valence-corrected chi connectivity index (χ2v) is 9.43. The van der Waals surface area contributed by atoms with Crippen LogP contribution in [-0.4, -0.2) is 52.8 Å². The predicted octanol–water partition coefficient (Wildman–Crippen LogP) is 2.55. The van der Waals surface area contributed by atoms with Crippen molar-refractivity contribution in [2.75, 3.05) is 20.4 Å². The Bertz CT molecular complexity index is 1470. The maximum absolute atomic E-state index is 14.4. The van der Waals surface area contributed by atoms with E-state index < -0.39 is 23.0 Å². The summed E-state index contributed by atoms with van der Waals surface area (Å²) in [6.07, 6.45) is 4.57. The maximum atomic E-state index is 14.4. The number of allylic oxidation sites excluding steroid dienone is 1. The molecule has 2 aliphatic rings. The topological polar surface area (TPSA) is 133 Å². The molecule has 0 saturated carbocycles. The zero-order valence-electron chi connectivity index (χ0n) is 20.9. The molecule has 0 spiro atoms. The number of benzene rings is 1. The van der Waals surface area contributed by atoms with E-state index in [1.807, 2.05) is 13.0 Å². The van der Waals surface area contributed by atoms with Crippen LogP contribution in [0.4, 0.5) is 4.39 Å². The van der Waals surface area contributed by atoms with Crippen molar-refractivity contribution in [3.8, 4) is 11.5 Å². The highest BCUT2D eigenvalue weighted by Gasteiger charge is 2.35. The van der Waals surface area contributed by atoms with Crippen LogP contribution in [0.25, 0.3) is 5.65 Å². The molecule has 1 atom stereocenters. The number of amides is 2. The zero-order valence-corrected chi connectivity index (χ0v) is 20.9. The quantitative estimate of drug-likeness (QED) is 0.357. The molecule has 0 bridgehead atoms. The molecule has 12 heteroatoms. The first-order valence-electron chi connectivity index (χ1n) is 12.0. The van der Waals surface area contributed by atoms with Crippen LogP contribution in [0.2, 0.25) is 0 Å². The molecule has 1 aliphatic heterocycles. The van der Waals surface area contributed by atoms with Crippen LogP contribution >= 0.6 is 0 Å². The van der Waals surface area contributed by atoms with E-state index in [9.17, 15) is 18.8 Å². The van der Waals surface area contributed by atoms with Gasteiger partial charge in [-0.15, -0.1) is 0 Å². The smallest absolute Gasteiger partial charge is 0.311 e. The minimum Gasteiger partial charge on any atom is -0.469 e. The Morgan fingerprint density at radius 2 is 1.92 bits per heavy atom. The fourth-order valence-electron chi connectivity index (χ4n) is 4.42. The number of hydrogen-bond donors (Lipinski definition) is 2. The monoisotopic (exact) mass is 523 g/mol. The average Bonchev–Trinajstić information content (AvgIpc) is 3.56. The molecule has 2 N–H and O–H groups in total. The normalized spacial score (nSPS) is 18.1. The first-order valence-corrected chi connectivity index (χ1v) is 12.0. The Morgan fingerprint density at radius 1 is 1.13 bits per heavy atom.